The number of unbranched alkanes of at least 4 members (excludes halogenated alkanes) is 1. The summed E-state index contributed by atoms with van der Waals surface area (Å²) in [5.41, 5.74) is 1.46. The second-order valence-corrected chi connectivity index (χ2v) is 10.4. The Bertz CT molecular complexity index is 1650. The highest BCUT2D eigenvalue weighted by molar-refractivity contribution is 7.89. The van der Waals surface area contributed by atoms with Crippen molar-refractivity contribution < 1.29 is 40.6 Å². The van der Waals surface area contributed by atoms with E-state index in [0.717, 1.165) is 0 Å². The number of fused-ring (bicyclic) bond motifs is 1. The molecule has 0 saturated heterocycles. The third-order valence-electron chi connectivity index (χ3n) is 5.79. The molecule has 42 heavy (non-hydrogen) atoms. The van der Waals surface area contributed by atoms with Crippen molar-refractivity contribution in [1.29, 1.82) is 0 Å². The summed E-state index contributed by atoms with van der Waals surface area (Å²) in [4.78, 5) is 20.7. The molecule has 3 aromatic carbocycles. The first-order chi connectivity index (χ1) is 19.9. The molecule has 15 heteroatoms. The van der Waals surface area contributed by atoms with Crippen molar-refractivity contribution in [3.63, 3.8) is 0 Å². The molecule has 222 valence electrons. The van der Waals surface area contributed by atoms with E-state index in [2.05, 4.69) is 25.3 Å². The summed E-state index contributed by atoms with van der Waals surface area (Å²) < 4.78 is 75.2. The molecule has 0 saturated carbocycles. The van der Waals surface area contributed by atoms with Crippen molar-refractivity contribution in [1.82, 2.24) is 9.97 Å². The van der Waals surface area contributed by atoms with Crippen molar-refractivity contribution >= 4 is 44.0 Å². The van der Waals surface area contributed by atoms with Crippen LogP contribution in [0.3, 0.4) is 0 Å². The van der Waals surface area contributed by atoms with E-state index in [-0.39, 0.29) is 29.6 Å². The second-order valence-electron chi connectivity index (χ2n) is 8.86. The molecule has 0 aliphatic heterocycles. The number of primary sulfonamides is 1. The first-order valence-corrected chi connectivity index (χ1v) is 14.0. The molecule has 0 fully saturated rings. The number of aromatic nitrogens is 2. The zero-order valence-corrected chi connectivity index (χ0v) is 23.0. The quantitative estimate of drug-likeness (QED) is 0.187. The van der Waals surface area contributed by atoms with Gasteiger partial charge in [0, 0.05) is 29.2 Å². The minimum atomic E-state index is -4.79. The van der Waals surface area contributed by atoms with Gasteiger partial charge in [-0.15, -0.1) is 13.2 Å². The number of hydrogen-bond donors (Lipinski definition) is 3. The number of halogens is 3. The first-order valence-electron chi connectivity index (χ1n) is 12.4. The van der Waals surface area contributed by atoms with E-state index in [4.69, 9.17) is 14.6 Å². The number of alkyl halides is 3. The highest BCUT2D eigenvalue weighted by Gasteiger charge is 2.31. The number of ether oxygens (including phenoxy) is 3. The maximum Gasteiger partial charge on any atom is 0.573 e. The number of hydrogen-bond acceptors (Lipinski definition) is 9. The molecule has 0 atom stereocenters. The minimum Gasteiger partial charge on any atom is -0.493 e. The molecule has 1 aromatic heterocycles. The summed E-state index contributed by atoms with van der Waals surface area (Å²) in [6.07, 6.45) is -2.18. The van der Waals surface area contributed by atoms with E-state index in [1.165, 1.54) is 62.0 Å². The van der Waals surface area contributed by atoms with Crippen LogP contribution in [0.15, 0.2) is 71.9 Å². The van der Waals surface area contributed by atoms with Gasteiger partial charge in [0.05, 0.1) is 24.1 Å². The van der Waals surface area contributed by atoms with E-state index in [1.807, 2.05) is 0 Å². The number of rotatable bonds is 12. The number of sulfonamides is 1. The van der Waals surface area contributed by atoms with Crippen LogP contribution in [0, 0.1) is 0 Å². The molecule has 0 aliphatic rings. The molecule has 4 rings (SSSR count). The minimum absolute atomic E-state index is 0.0511. The lowest BCUT2D eigenvalue weighted by Gasteiger charge is -2.14. The number of amides is 1. The number of methoxy groups -OCH3 is 1. The van der Waals surface area contributed by atoms with Crippen LogP contribution in [0.4, 0.5) is 30.4 Å². The Morgan fingerprint density at radius 1 is 0.952 bits per heavy atom. The molecular weight excluding hydrogens is 579 g/mol. The molecule has 1 amide bonds. The molecule has 1 heterocycles. The van der Waals surface area contributed by atoms with Crippen molar-refractivity contribution in [3.8, 4) is 17.2 Å². The topological polar surface area (TPSA) is 155 Å². The van der Waals surface area contributed by atoms with Gasteiger partial charge in [0.25, 0.3) is 0 Å². The van der Waals surface area contributed by atoms with Gasteiger partial charge in [0.2, 0.25) is 15.9 Å². The van der Waals surface area contributed by atoms with Crippen LogP contribution in [0.2, 0.25) is 0 Å². The van der Waals surface area contributed by atoms with Gasteiger partial charge in [-0.05, 0) is 67.4 Å². The van der Waals surface area contributed by atoms with Gasteiger partial charge < -0.3 is 24.8 Å². The summed E-state index contributed by atoms with van der Waals surface area (Å²) in [5.74, 6) is 0.646. The lowest BCUT2D eigenvalue weighted by atomic mass is 10.2. The fourth-order valence-electron chi connectivity index (χ4n) is 3.83. The molecule has 0 unspecified atom stereocenters. The third kappa shape index (κ3) is 8.44. The smallest absolute Gasteiger partial charge is 0.493 e. The number of carbonyl (C=O) groups excluding carboxylic acids is 1. The zero-order valence-electron chi connectivity index (χ0n) is 22.1. The number of benzene rings is 3. The van der Waals surface area contributed by atoms with Gasteiger partial charge in [0.1, 0.15) is 17.9 Å². The van der Waals surface area contributed by atoms with Gasteiger partial charge in [-0.3, -0.25) is 4.79 Å². The van der Waals surface area contributed by atoms with Gasteiger partial charge in [-0.1, -0.05) is 0 Å². The Hall–Kier alpha value is -4.63. The number of nitrogens with one attached hydrogen (secondary N) is 2. The predicted molar refractivity (Wildman–Crippen MR) is 148 cm³/mol. The average Bonchev–Trinajstić information content (AvgIpc) is 2.93. The molecule has 0 bridgehead atoms. The highest BCUT2D eigenvalue weighted by atomic mass is 32.2. The van der Waals surface area contributed by atoms with Crippen LogP contribution < -0.4 is 30.0 Å². The largest absolute Gasteiger partial charge is 0.573 e. The van der Waals surface area contributed by atoms with Crippen LogP contribution in [0.25, 0.3) is 10.9 Å². The molecule has 4 N–H and O–H groups in total. The summed E-state index contributed by atoms with van der Waals surface area (Å²) in [6.45, 7) is 0.273. The van der Waals surface area contributed by atoms with Crippen molar-refractivity contribution in [2.24, 2.45) is 5.14 Å². The first kappa shape index (κ1) is 30.3. The van der Waals surface area contributed by atoms with Crippen LogP contribution >= 0.6 is 0 Å². The molecule has 0 spiro atoms. The number of nitrogens with zero attached hydrogens (tertiary/aromatic N) is 2. The van der Waals surface area contributed by atoms with E-state index in [0.29, 0.717) is 52.4 Å². The van der Waals surface area contributed by atoms with Gasteiger partial charge in [-0.25, -0.2) is 23.5 Å². The maximum atomic E-state index is 12.4. The Labute approximate surface area is 238 Å². The molecule has 4 aromatic rings. The van der Waals surface area contributed by atoms with Gasteiger partial charge in [0.15, 0.2) is 11.5 Å². The number of nitrogens with two attached hydrogens (primary N) is 1. The molecule has 0 aliphatic carbocycles. The van der Waals surface area contributed by atoms with Gasteiger partial charge >= 0.3 is 6.36 Å². The Morgan fingerprint density at radius 3 is 2.29 bits per heavy atom. The summed E-state index contributed by atoms with van der Waals surface area (Å²) in [7, 11) is -2.33. The van der Waals surface area contributed by atoms with Crippen LogP contribution in [0.1, 0.15) is 19.3 Å². The molecular formula is C27H26F3N5O6S. The van der Waals surface area contributed by atoms with Crippen LogP contribution in [-0.2, 0) is 14.8 Å². The average molecular weight is 606 g/mol. The molecule has 0 radical (unpaired) electrons. The fourth-order valence-corrected chi connectivity index (χ4v) is 4.35. The van der Waals surface area contributed by atoms with Crippen LogP contribution in [-0.4, -0.2) is 44.4 Å². The maximum absolute atomic E-state index is 12.4. The second kappa shape index (κ2) is 12.9. The van der Waals surface area contributed by atoms with Crippen molar-refractivity contribution in [2.75, 3.05) is 24.4 Å². The predicted octanol–water partition coefficient (Wildman–Crippen LogP) is 5.12. The lowest BCUT2D eigenvalue weighted by Crippen LogP contribution is -2.16. The summed E-state index contributed by atoms with van der Waals surface area (Å²) in [6, 6.07) is 14.1. The van der Waals surface area contributed by atoms with Gasteiger partial charge in [-0.2, -0.15) is 0 Å². The van der Waals surface area contributed by atoms with E-state index in [1.54, 1.807) is 12.1 Å². The lowest BCUT2D eigenvalue weighted by molar-refractivity contribution is -0.274. The Morgan fingerprint density at radius 2 is 1.64 bits per heavy atom. The zero-order chi connectivity index (χ0) is 30.3. The van der Waals surface area contributed by atoms with Crippen molar-refractivity contribution in [2.45, 2.75) is 30.5 Å². The van der Waals surface area contributed by atoms with E-state index < -0.39 is 16.4 Å². The SMILES string of the molecule is COc1cc2ncnc(Nc3ccc(OC(F)(F)F)cc3)c2cc1OCCCCC(=O)Nc1ccc(S(N)(=O)=O)cc1. The summed E-state index contributed by atoms with van der Waals surface area (Å²) in [5, 5.41) is 11.4. The number of carbonyl (C=O) groups is 1. The van der Waals surface area contributed by atoms with Crippen molar-refractivity contribution in [3.05, 3.63) is 67.0 Å². The van der Waals surface area contributed by atoms with Crippen LogP contribution in [0.5, 0.6) is 17.2 Å². The highest BCUT2D eigenvalue weighted by Crippen LogP contribution is 2.35. The monoisotopic (exact) mass is 605 g/mol. The molecule has 11 nitrogen and oxygen atoms in total. The summed E-state index contributed by atoms with van der Waals surface area (Å²) >= 11 is 0. The fraction of sp³-hybridized carbons (Fsp3) is 0.222. The Kier molecular flexibility index (Phi) is 9.32. The third-order valence-corrected chi connectivity index (χ3v) is 6.72. The number of anilines is 3. The standard InChI is InChI=1S/C27H26F3N5O6S/c1-39-23-15-22-21(26(33-16-32-22)35-18-5-9-19(10-6-18)41-27(28,29)30)14-24(23)40-13-3-2-4-25(36)34-17-7-11-20(12-8-17)42(31,37)38/h5-12,14-16H,2-4,13H2,1H3,(H,34,36)(H2,31,37,38)(H,32,33,35). The van der Waals surface area contributed by atoms with E-state index in [9.17, 15) is 26.4 Å². The Balaban J connectivity index is 1.34. The normalized spacial score (nSPS) is 11.6. The van der Waals surface area contributed by atoms with E-state index >= 15 is 0 Å².